The van der Waals surface area contributed by atoms with E-state index in [4.69, 9.17) is 16.3 Å². The van der Waals surface area contributed by atoms with Crippen LogP contribution in [0.4, 0.5) is 5.69 Å². The average molecular weight is 534 g/mol. The monoisotopic (exact) mass is 533 g/mol. The van der Waals surface area contributed by atoms with Gasteiger partial charge < -0.3 is 4.74 Å². The molecule has 1 amide bonds. The summed E-state index contributed by atoms with van der Waals surface area (Å²) in [4.78, 5) is 13.2. The molecule has 0 aliphatic carbocycles. The fourth-order valence-electron chi connectivity index (χ4n) is 3.62. The molecule has 4 aromatic carbocycles. The van der Waals surface area contributed by atoms with Crippen molar-refractivity contribution in [1.29, 1.82) is 0 Å². The molecule has 0 spiro atoms. The van der Waals surface area contributed by atoms with E-state index in [1.807, 2.05) is 30.3 Å². The Morgan fingerprint density at radius 3 is 2.35 bits per heavy atom. The number of nitrogens with zero attached hydrogens (tertiary/aromatic N) is 2. The maximum Gasteiger partial charge on any atom is 0.273 e. The van der Waals surface area contributed by atoms with Gasteiger partial charge in [0.25, 0.3) is 15.9 Å². The van der Waals surface area contributed by atoms with Gasteiger partial charge in [0.1, 0.15) is 5.75 Å². The Bertz CT molecular complexity index is 1510. The number of benzene rings is 4. The Hall–Kier alpha value is -4.14. The summed E-state index contributed by atoms with van der Waals surface area (Å²) in [7, 11) is -2.55. The van der Waals surface area contributed by atoms with E-state index >= 15 is 0 Å². The van der Waals surface area contributed by atoms with E-state index in [1.54, 1.807) is 60.7 Å². The molecule has 0 aromatic heterocycles. The summed E-state index contributed by atoms with van der Waals surface area (Å²) in [6, 6.07) is 28.8. The third kappa shape index (κ3) is 6.35. The SMILES string of the molecule is COc1ccc(S(=O)(=O)N(Cc2ccccc2)c2ccccc2C(=O)N/N=C\c2cccc(Cl)c2)cc1. The first-order valence-electron chi connectivity index (χ1n) is 11.3. The number of carbonyl (C=O) groups is 1. The molecule has 4 aromatic rings. The van der Waals surface area contributed by atoms with E-state index in [0.29, 0.717) is 16.3 Å². The molecule has 37 heavy (non-hydrogen) atoms. The molecule has 4 rings (SSSR count). The number of ether oxygens (including phenoxy) is 1. The van der Waals surface area contributed by atoms with Crippen molar-refractivity contribution >= 4 is 39.4 Å². The zero-order valence-electron chi connectivity index (χ0n) is 19.9. The highest BCUT2D eigenvalue weighted by molar-refractivity contribution is 7.92. The van der Waals surface area contributed by atoms with Crippen molar-refractivity contribution in [3.05, 3.63) is 125 Å². The number of hydrogen-bond donors (Lipinski definition) is 1. The second-order valence-electron chi connectivity index (χ2n) is 7.94. The highest BCUT2D eigenvalue weighted by Crippen LogP contribution is 2.30. The summed E-state index contributed by atoms with van der Waals surface area (Å²) in [5.41, 5.74) is 4.31. The average Bonchev–Trinajstić information content (AvgIpc) is 2.92. The minimum absolute atomic E-state index is 0.0191. The van der Waals surface area contributed by atoms with Crippen LogP contribution in [0, 0.1) is 0 Å². The Balaban J connectivity index is 1.70. The topological polar surface area (TPSA) is 88.1 Å². The lowest BCUT2D eigenvalue weighted by molar-refractivity contribution is 0.0955. The summed E-state index contributed by atoms with van der Waals surface area (Å²) in [5.74, 6) is -0.0252. The number of hydrogen-bond acceptors (Lipinski definition) is 5. The number of hydrazone groups is 1. The highest BCUT2D eigenvalue weighted by Gasteiger charge is 2.28. The number of nitrogens with one attached hydrogen (secondary N) is 1. The number of carbonyl (C=O) groups excluding carboxylic acids is 1. The van der Waals surface area contributed by atoms with E-state index in [1.165, 1.54) is 29.8 Å². The van der Waals surface area contributed by atoms with Crippen LogP contribution in [0.2, 0.25) is 5.02 Å². The zero-order chi connectivity index (χ0) is 26.3. The van der Waals surface area contributed by atoms with Crippen molar-refractivity contribution in [2.45, 2.75) is 11.4 Å². The van der Waals surface area contributed by atoms with Gasteiger partial charge in [0.05, 0.1) is 36.0 Å². The molecule has 0 radical (unpaired) electrons. The lowest BCUT2D eigenvalue weighted by Gasteiger charge is -2.26. The molecule has 0 saturated carbocycles. The van der Waals surface area contributed by atoms with E-state index in [0.717, 1.165) is 5.56 Å². The predicted molar refractivity (Wildman–Crippen MR) is 146 cm³/mol. The normalized spacial score (nSPS) is 11.3. The molecule has 0 atom stereocenters. The molecule has 0 aliphatic rings. The van der Waals surface area contributed by atoms with E-state index < -0.39 is 15.9 Å². The van der Waals surface area contributed by atoms with Crippen molar-refractivity contribution in [1.82, 2.24) is 5.43 Å². The van der Waals surface area contributed by atoms with Gasteiger partial charge in [0, 0.05) is 5.02 Å². The number of anilines is 1. The van der Waals surface area contributed by atoms with Gasteiger partial charge in [-0.15, -0.1) is 0 Å². The first-order valence-corrected chi connectivity index (χ1v) is 13.1. The molecule has 0 saturated heterocycles. The minimum Gasteiger partial charge on any atom is -0.497 e. The fraction of sp³-hybridized carbons (Fsp3) is 0.0714. The Labute approximate surface area is 221 Å². The van der Waals surface area contributed by atoms with Crippen molar-refractivity contribution in [3.8, 4) is 5.75 Å². The molecule has 188 valence electrons. The molecule has 0 bridgehead atoms. The van der Waals surface area contributed by atoms with Crippen LogP contribution in [0.3, 0.4) is 0 Å². The van der Waals surface area contributed by atoms with Gasteiger partial charge in [-0.25, -0.2) is 13.8 Å². The van der Waals surface area contributed by atoms with Crippen LogP contribution in [0.25, 0.3) is 0 Å². The number of halogens is 1. The van der Waals surface area contributed by atoms with Crippen molar-refractivity contribution in [2.75, 3.05) is 11.4 Å². The lowest BCUT2D eigenvalue weighted by Crippen LogP contribution is -2.33. The Kier molecular flexibility index (Phi) is 8.22. The molecular weight excluding hydrogens is 510 g/mol. The molecule has 0 unspecified atom stereocenters. The maximum absolute atomic E-state index is 13.9. The molecule has 9 heteroatoms. The maximum atomic E-state index is 13.9. The van der Waals surface area contributed by atoms with Crippen molar-refractivity contribution < 1.29 is 17.9 Å². The minimum atomic E-state index is -4.06. The molecule has 0 aliphatic heterocycles. The van der Waals surface area contributed by atoms with E-state index in [2.05, 4.69) is 10.5 Å². The van der Waals surface area contributed by atoms with Gasteiger partial charge in [-0.2, -0.15) is 5.10 Å². The van der Waals surface area contributed by atoms with Crippen LogP contribution in [0.15, 0.2) is 113 Å². The lowest BCUT2D eigenvalue weighted by atomic mass is 10.1. The van der Waals surface area contributed by atoms with Crippen molar-refractivity contribution in [2.24, 2.45) is 5.10 Å². The number of rotatable bonds is 9. The summed E-state index contributed by atoms with van der Waals surface area (Å²) >= 11 is 6.00. The first-order chi connectivity index (χ1) is 17.9. The zero-order valence-corrected chi connectivity index (χ0v) is 21.5. The Morgan fingerprint density at radius 1 is 0.946 bits per heavy atom. The third-order valence-corrected chi connectivity index (χ3v) is 7.47. The number of sulfonamides is 1. The van der Waals surface area contributed by atoms with Crippen LogP contribution in [0.1, 0.15) is 21.5 Å². The van der Waals surface area contributed by atoms with Gasteiger partial charge in [-0.3, -0.25) is 9.10 Å². The van der Waals surface area contributed by atoms with Crippen molar-refractivity contribution in [3.63, 3.8) is 0 Å². The second-order valence-corrected chi connectivity index (χ2v) is 10.2. The van der Waals surface area contributed by atoms with Crippen LogP contribution in [-0.2, 0) is 16.6 Å². The summed E-state index contributed by atoms with van der Waals surface area (Å²) in [6.45, 7) is 0.0191. The summed E-state index contributed by atoms with van der Waals surface area (Å²) in [5, 5.41) is 4.56. The Morgan fingerprint density at radius 2 is 1.65 bits per heavy atom. The summed E-state index contributed by atoms with van der Waals surface area (Å²) < 4.78 is 34.1. The number of para-hydroxylation sites is 1. The van der Waals surface area contributed by atoms with Gasteiger partial charge in [0.2, 0.25) is 0 Å². The number of methoxy groups -OCH3 is 1. The van der Waals surface area contributed by atoms with Crippen LogP contribution >= 0.6 is 11.6 Å². The quantitative estimate of drug-likeness (QED) is 0.227. The molecule has 0 heterocycles. The third-order valence-electron chi connectivity index (χ3n) is 5.46. The molecule has 7 nitrogen and oxygen atoms in total. The second kappa shape index (κ2) is 11.7. The molecular formula is C28H24ClN3O4S. The van der Waals surface area contributed by atoms with Gasteiger partial charge >= 0.3 is 0 Å². The fourth-order valence-corrected chi connectivity index (χ4v) is 5.29. The van der Waals surface area contributed by atoms with Gasteiger partial charge in [0.15, 0.2) is 0 Å². The van der Waals surface area contributed by atoms with Gasteiger partial charge in [-0.1, -0.05) is 66.2 Å². The van der Waals surface area contributed by atoms with Crippen LogP contribution < -0.4 is 14.5 Å². The van der Waals surface area contributed by atoms with E-state index in [9.17, 15) is 13.2 Å². The predicted octanol–water partition coefficient (Wildman–Crippen LogP) is 5.51. The molecule has 0 fully saturated rings. The van der Waals surface area contributed by atoms with Gasteiger partial charge in [-0.05, 0) is 59.7 Å². The summed E-state index contributed by atoms with van der Waals surface area (Å²) in [6.07, 6.45) is 1.46. The smallest absolute Gasteiger partial charge is 0.273 e. The van der Waals surface area contributed by atoms with Crippen LogP contribution in [0.5, 0.6) is 5.75 Å². The highest BCUT2D eigenvalue weighted by atomic mass is 35.5. The largest absolute Gasteiger partial charge is 0.497 e. The first kappa shape index (κ1) is 25.9. The number of amides is 1. The van der Waals surface area contributed by atoms with E-state index in [-0.39, 0.29) is 22.7 Å². The molecule has 1 N–H and O–H groups in total. The standard InChI is InChI=1S/C28H24ClN3O4S/c1-36-24-14-16-25(17-15-24)37(34,35)32(20-21-8-3-2-4-9-21)27-13-6-5-12-26(27)28(33)31-30-19-22-10-7-11-23(29)18-22/h2-19H,20H2,1H3,(H,31,33)/b30-19-. The van der Waals surface area contributed by atoms with Crippen LogP contribution in [-0.4, -0.2) is 27.6 Å².